The summed E-state index contributed by atoms with van der Waals surface area (Å²) in [7, 11) is 0. The van der Waals surface area contributed by atoms with Crippen molar-refractivity contribution in [1.82, 2.24) is 9.97 Å². The van der Waals surface area contributed by atoms with Crippen LogP contribution in [0, 0.1) is 0 Å². The Morgan fingerprint density at radius 3 is 2.53 bits per heavy atom. The highest BCUT2D eigenvalue weighted by Gasteiger charge is 2.33. The molecule has 0 unspecified atom stereocenters. The second-order valence-corrected chi connectivity index (χ2v) is 3.58. The molecule has 0 saturated heterocycles. The lowest BCUT2D eigenvalue weighted by Gasteiger charge is -2.13. The fourth-order valence-corrected chi connectivity index (χ4v) is 1.48. The molecule has 1 aromatic carbocycles. The van der Waals surface area contributed by atoms with Crippen LogP contribution in [0.4, 0.5) is 30.6 Å². The minimum Gasteiger partial charge on any atom is -0.340 e. The van der Waals surface area contributed by atoms with Gasteiger partial charge in [0.05, 0.1) is 11.3 Å². The molecule has 19 heavy (non-hydrogen) atoms. The van der Waals surface area contributed by atoms with Crippen LogP contribution in [0.15, 0.2) is 36.5 Å². The van der Waals surface area contributed by atoms with Crippen molar-refractivity contribution in [2.24, 2.45) is 5.84 Å². The molecule has 1 aromatic heterocycles. The Kier molecular flexibility index (Phi) is 3.52. The first-order valence-electron chi connectivity index (χ1n) is 5.23. The maximum absolute atomic E-state index is 12.8. The first-order valence-corrected chi connectivity index (χ1v) is 5.23. The minimum atomic E-state index is -4.44. The highest BCUT2D eigenvalue weighted by atomic mass is 19.4. The van der Waals surface area contributed by atoms with E-state index in [0.29, 0.717) is 0 Å². The third kappa shape index (κ3) is 3.10. The lowest BCUT2D eigenvalue weighted by Crippen LogP contribution is -2.12. The fraction of sp³-hybridized carbons (Fsp3) is 0.0909. The molecule has 0 radical (unpaired) electrons. The molecule has 0 atom stereocenters. The Labute approximate surface area is 106 Å². The number of nitrogen functional groups attached to an aromatic ring is 1. The lowest BCUT2D eigenvalue weighted by molar-refractivity contribution is -0.136. The number of rotatable bonds is 3. The van der Waals surface area contributed by atoms with E-state index >= 15 is 0 Å². The van der Waals surface area contributed by atoms with Crippen LogP contribution in [0.1, 0.15) is 5.56 Å². The van der Waals surface area contributed by atoms with Gasteiger partial charge in [-0.05, 0) is 18.2 Å². The molecule has 0 aliphatic heterocycles. The number of para-hydroxylation sites is 1. The van der Waals surface area contributed by atoms with Gasteiger partial charge >= 0.3 is 6.18 Å². The number of aromatic nitrogens is 2. The highest BCUT2D eigenvalue weighted by molar-refractivity contribution is 5.61. The third-order valence-electron chi connectivity index (χ3n) is 2.28. The second kappa shape index (κ2) is 5.11. The molecular weight excluding hydrogens is 259 g/mol. The largest absolute Gasteiger partial charge is 0.418 e. The van der Waals surface area contributed by atoms with Gasteiger partial charge in [-0.1, -0.05) is 12.1 Å². The number of nitrogens with two attached hydrogens (primary N) is 1. The monoisotopic (exact) mass is 269 g/mol. The van der Waals surface area contributed by atoms with Gasteiger partial charge in [-0.15, -0.1) is 0 Å². The van der Waals surface area contributed by atoms with E-state index in [2.05, 4.69) is 20.7 Å². The molecule has 0 fully saturated rings. The average Bonchev–Trinajstić information content (AvgIpc) is 2.38. The molecule has 0 saturated carbocycles. The molecular formula is C11H10F3N5. The maximum Gasteiger partial charge on any atom is 0.418 e. The van der Waals surface area contributed by atoms with Crippen LogP contribution in [0.2, 0.25) is 0 Å². The Balaban J connectivity index is 2.33. The third-order valence-corrected chi connectivity index (χ3v) is 2.28. The van der Waals surface area contributed by atoms with Gasteiger partial charge in [0.25, 0.3) is 0 Å². The molecule has 0 spiro atoms. The van der Waals surface area contributed by atoms with Crippen LogP contribution >= 0.6 is 0 Å². The molecule has 1 heterocycles. The van der Waals surface area contributed by atoms with Gasteiger partial charge in [-0.2, -0.15) is 18.2 Å². The van der Waals surface area contributed by atoms with Crippen molar-refractivity contribution in [3.8, 4) is 0 Å². The Morgan fingerprint density at radius 1 is 1.11 bits per heavy atom. The number of hydrogen-bond acceptors (Lipinski definition) is 5. The summed E-state index contributed by atoms with van der Waals surface area (Å²) in [5, 5.41) is 2.59. The SMILES string of the molecule is NNc1nccc(Nc2ccccc2C(F)(F)F)n1. The first kappa shape index (κ1) is 13.1. The van der Waals surface area contributed by atoms with Crippen LogP contribution in [-0.2, 0) is 6.18 Å². The van der Waals surface area contributed by atoms with Gasteiger partial charge in [0.2, 0.25) is 5.95 Å². The number of nitrogens with zero attached hydrogens (tertiary/aromatic N) is 2. The Hall–Kier alpha value is -2.35. The average molecular weight is 269 g/mol. The molecule has 0 amide bonds. The summed E-state index contributed by atoms with van der Waals surface area (Å²) in [6.07, 6.45) is -3.06. The molecule has 4 N–H and O–H groups in total. The zero-order valence-electron chi connectivity index (χ0n) is 9.57. The van der Waals surface area contributed by atoms with Crippen LogP contribution in [-0.4, -0.2) is 9.97 Å². The van der Waals surface area contributed by atoms with Crippen LogP contribution < -0.4 is 16.6 Å². The van der Waals surface area contributed by atoms with Crippen molar-refractivity contribution in [2.45, 2.75) is 6.18 Å². The normalized spacial score (nSPS) is 11.2. The van der Waals surface area contributed by atoms with Crippen molar-refractivity contribution < 1.29 is 13.2 Å². The molecule has 100 valence electrons. The van der Waals surface area contributed by atoms with Crippen molar-refractivity contribution in [1.29, 1.82) is 0 Å². The molecule has 5 nitrogen and oxygen atoms in total. The zero-order valence-corrected chi connectivity index (χ0v) is 9.57. The van der Waals surface area contributed by atoms with Gasteiger partial charge in [-0.3, -0.25) is 5.43 Å². The predicted molar refractivity (Wildman–Crippen MR) is 64.6 cm³/mol. The smallest absolute Gasteiger partial charge is 0.340 e. The van der Waals surface area contributed by atoms with Crippen molar-refractivity contribution >= 4 is 17.5 Å². The lowest BCUT2D eigenvalue weighted by atomic mass is 10.1. The van der Waals surface area contributed by atoms with E-state index in [0.717, 1.165) is 6.07 Å². The van der Waals surface area contributed by atoms with Gasteiger partial charge in [0, 0.05) is 6.20 Å². The maximum atomic E-state index is 12.8. The van der Waals surface area contributed by atoms with E-state index in [1.54, 1.807) is 0 Å². The summed E-state index contributed by atoms with van der Waals surface area (Å²) in [5.41, 5.74) is 1.36. The summed E-state index contributed by atoms with van der Waals surface area (Å²) in [6, 6.07) is 6.57. The van der Waals surface area contributed by atoms with Crippen molar-refractivity contribution in [3.05, 3.63) is 42.1 Å². The van der Waals surface area contributed by atoms with E-state index in [4.69, 9.17) is 5.84 Å². The van der Waals surface area contributed by atoms with Gasteiger partial charge in [0.15, 0.2) is 0 Å². The number of halogens is 3. The van der Waals surface area contributed by atoms with Gasteiger partial charge in [0.1, 0.15) is 5.82 Å². The Bertz CT molecular complexity index is 570. The number of hydrazine groups is 1. The number of anilines is 3. The predicted octanol–water partition coefficient (Wildman–Crippen LogP) is 2.52. The number of hydrogen-bond donors (Lipinski definition) is 3. The second-order valence-electron chi connectivity index (χ2n) is 3.58. The Morgan fingerprint density at radius 2 is 1.84 bits per heavy atom. The zero-order chi connectivity index (χ0) is 13.9. The minimum absolute atomic E-state index is 0.0864. The molecule has 0 aliphatic carbocycles. The quantitative estimate of drug-likeness (QED) is 0.589. The fourth-order valence-electron chi connectivity index (χ4n) is 1.48. The van der Waals surface area contributed by atoms with Crippen molar-refractivity contribution in [2.75, 3.05) is 10.7 Å². The summed E-state index contributed by atoms with van der Waals surface area (Å²) in [5.74, 6) is 5.44. The van der Waals surface area contributed by atoms with E-state index in [9.17, 15) is 13.2 Å². The molecule has 2 rings (SSSR count). The van der Waals surface area contributed by atoms with E-state index in [1.807, 2.05) is 0 Å². The van der Waals surface area contributed by atoms with Crippen LogP contribution in [0.25, 0.3) is 0 Å². The van der Waals surface area contributed by atoms with E-state index in [1.165, 1.54) is 30.5 Å². The van der Waals surface area contributed by atoms with Crippen LogP contribution in [0.5, 0.6) is 0 Å². The van der Waals surface area contributed by atoms with Crippen LogP contribution in [0.3, 0.4) is 0 Å². The van der Waals surface area contributed by atoms with Crippen molar-refractivity contribution in [3.63, 3.8) is 0 Å². The molecule has 8 heteroatoms. The number of alkyl halides is 3. The summed E-state index contributed by atoms with van der Waals surface area (Å²) in [4.78, 5) is 7.65. The topological polar surface area (TPSA) is 75.9 Å². The van der Waals surface area contributed by atoms with E-state index in [-0.39, 0.29) is 17.5 Å². The first-order chi connectivity index (χ1) is 9.00. The number of nitrogens with one attached hydrogen (secondary N) is 2. The molecule has 0 aliphatic rings. The summed E-state index contributed by atoms with van der Waals surface area (Å²) in [6.45, 7) is 0. The molecule has 2 aromatic rings. The molecule has 0 bridgehead atoms. The number of benzene rings is 1. The summed E-state index contributed by atoms with van der Waals surface area (Å²) < 4.78 is 38.4. The van der Waals surface area contributed by atoms with Gasteiger partial charge in [-0.25, -0.2) is 10.8 Å². The van der Waals surface area contributed by atoms with E-state index < -0.39 is 11.7 Å². The summed E-state index contributed by atoms with van der Waals surface area (Å²) >= 11 is 0. The standard InChI is InChI=1S/C11H10F3N5/c12-11(13,14)7-3-1-2-4-8(7)17-9-5-6-16-10(18-9)19-15/h1-6H,15H2,(H2,16,17,18,19). The highest BCUT2D eigenvalue weighted by Crippen LogP contribution is 2.35. The van der Waals surface area contributed by atoms with Gasteiger partial charge < -0.3 is 5.32 Å².